The Labute approximate surface area is 256 Å². The number of likely N-dealkylation sites (tertiary alicyclic amines) is 1. The molecule has 1 aliphatic carbocycles. The van der Waals surface area contributed by atoms with E-state index in [1.54, 1.807) is 53.3 Å². The largest absolute Gasteiger partial charge is 0.444 e. The fourth-order valence-corrected chi connectivity index (χ4v) is 6.34. The lowest BCUT2D eigenvalue weighted by Crippen LogP contribution is -2.53. The second kappa shape index (κ2) is 11.3. The van der Waals surface area contributed by atoms with Gasteiger partial charge in [-0.15, -0.1) is 0 Å². The lowest BCUT2D eigenvalue weighted by molar-refractivity contribution is -0.0275. The number of hydrogen-bond donors (Lipinski definition) is 1. The van der Waals surface area contributed by atoms with E-state index < -0.39 is 23.4 Å². The van der Waals surface area contributed by atoms with Crippen molar-refractivity contribution in [1.29, 1.82) is 0 Å². The van der Waals surface area contributed by atoms with Gasteiger partial charge in [0.2, 0.25) is 5.95 Å². The molecule has 2 aliphatic heterocycles. The van der Waals surface area contributed by atoms with Gasteiger partial charge in [-0.25, -0.2) is 19.6 Å². The molecule has 0 radical (unpaired) electrons. The van der Waals surface area contributed by atoms with Gasteiger partial charge in [-0.05, 0) is 64.7 Å². The molecule has 13 nitrogen and oxygen atoms in total. The Kier molecular flexibility index (Phi) is 7.58. The van der Waals surface area contributed by atoms with E-state index in [9.17, 15) is 14.4 Å². The van der Waals surface area contributed by atoms with Crippen LogP contribution in [0.25, 0.3) is 11.0 Å². The van der Waals surface area contributed by atoms with Crippen LogP contribution in [0.2, 0.25) is 0 Å². The van der Waals surface area contributed by atoms with Crippen molar-refractivity contribution in [2.45, 2.75) is 76.5 Å². The maximum atomic E-state index is 13.0. The number of hydrogen-bond acceptors (Lipinski definition) is 9. The van der Waals surface area contributed by atoms with Crippen LogP contribution in [0.15, 0.2) is 30.6 Å². The van der Waals surface area contributed by atoms with Gasteiger partial charge < -0.3 is 29.2 Å². The van der Waals surface area contributed by atoms with Gasteiger partial charge >= 0.3 is 12.2 Å². The van der Waals surface area contributed by atoms with Crippen LogP contribution in [-0.4, -0.2) is 92.3 Å². The Morgan fingerprint density at radius 2 is 1.86 bits per heavy atom. The summed E-state index contributed by atoms with van der Waals surface area (Å²) in [5.74, 6) is 0.810. The van der Waals surface area contributed by atoms with E-state index in [1.165, 1.54) is 0 Å². The summed E-state index contributed by atoms with van der Waals surface area (Å²) >= 11 is 0. The molecular weight excluding hydrogens is 564 g/mol. The lowest BCUT2D eigenvalue weighted by Gasteiger charge is -2.38. The van der Waals surface area contributed by atoms with Crippen molar-refractivity contribution in [2.75, 3.05) is 43.9 Å². The third-order valence-corrected chi connectivity index (χ3v) is 8.35. The molecule has 3 aliphatic rings. The van der Waals surface area contributed by atoms with Gasteiger partial charge in [-0.3, -0.25) is 9.69 Å². The van der Waals surface area contributed by atoms with E-state index >= 15 is 0 Å². The molecule has 3 fully saturated rings. The molecule has 1 atom stereocenters. The van der Waals surface area contributed by atoms with E-state index in [0.717, 1.165) is 31.1 Å². The Morgan fingerprint density at radius 3 is 2.55 bits per heavy atom. The summed E-state index contributed by atoms with van der Waals surface area (Å²) in [6.07, 6.45) is 8.08. The van der Waals surface area contributed by atoms with Crippen molar-refractivity contribution < 1.29 is 23.9 Å². The summed E-state index contributed by atoms with van der Waals surface area (Å²) in [5.41, 5.74) is 0.521. The Morgan fingerprint density at radius 1 is 1.09 bits per heavy atom. The number of anilines is 3. The first kappa shape index (κ1) is 29.6. The minimum atomic E-state index is -0.798. The standard InChI is InChI=1S/C31H40N8O5/c1-30(2,3)43-28(41)37-14-8-13-31(18-37)19-38(29(42)44-31)22-11-12-24(32-17-22)34-27-33-16-20-15-23(26(40)36(4)5)39(25(20)35-27)21-9-6-7-10-21/h11-12,15-17,21H,6-10,13-14,18-19H2,1-5H3,(H,32,33,34,35)/t31-/m0/s1. The fourth-order valence-electron chi connectivity index (χ4n) is 6.34. The second-order valence-electron chi connectivity index (χ2n) is 13.2. The molecule has 2 saturated heterocycles. The number of nitrogens with zero attached hydrogens (tertiary/aromatic N) is 7. The van der Waals surface area contributed by atoms with E-state index in [1.807, 2.05) is 26.8 Å². The van der Waals surface area contributed by atoms with Gasteiger partial charge in [-0.1, -0.05) is 12.8 Å². The van der Waals surface area contributed by atoms with Crippen LogP contribution in [0.3, 0.4) is 0 Å². The smallest absolute Gasteiger partial charge is 0.415 e. The average molecular weight is 605 g/mol. The van der Waals surface area contributed by atoms with Gasteiger partial charge in [0.1, 0.15) is 28.4 Å². The van der Waals surface area contributed by atoms with E-state index in [4.69, 9.17) is 14.5 Å². The third kappa shape index (κ3) is 5.87. The molecule has 0 bridgehead atoms. The highest BCUT2D eigenvalue weighted by molar-refractivity contribution is 5.98. The van der Waals surface area contributed by atoms with Crippen LogP contribution in [0.1, 0.15) is 75.8 Å². The quantitative estimate of drug-likeness (QED) is 0.421. The van der Waals surface area contributed by atoms with Crippen molar-refractivity contribution in [2.24, 2.45) is 0 Å². The number of aromatic nitrogens is 4. The minimum absolute atomic E-state index is 0.0605. The highest BCUT2D eigenvalue weighted by Crippen LogP contribution is 2.36. The summed E-state index contributed by atoms with van der Waals surface area (Å²) < 4.78 is 13.5. The molecule has 1 spiro atoms. The van der Waals surface area contributed by atoms with Crippen LogP contribution in [-0.2, 0) is 9.47 Å². The molecule has 44 heavy (non-hydrogen) atoms. The summed E-state index contributed by atoms with van der Waals surface area (Å²) in [6.45, 7) is 6.64. The van der Waals surface area contributed by atoms with Crippen molar-refractivity contribution in [3.05, 3.63) is 36.3 Å². The third-order valence-electron chi connectivity index (χ3n) is 8.35. The predicted molar refractivity (Wildman–Crippen MR) is 164 cm³/mol. The van der Waals surface area contributed by atoms with Crippen LogP contribution < -0.4 is 10.2 Å². The van der Waals surface area contributed by atoms with Gasteiger partial charge in [-0.2, -0.15) is 4.98 Å². The van der Waals surface area contributed by atoms with Crippen molar-refractivity contribution >= 4 is 46.6 Å². The molecule has 1 saturated carbocycles. The number of piperidine rings is 1. The number of carbonyl (C=O) groups is 3. The normalized spacial score (nSPS) is 20.8. The number of ether oxygens (including phenoxy) is 2. The van der Waals surface area contributed by atoms with Crippen molar-refractivity contribution in [1.82, 2.24) is 29.3 Å². The van der Waals surface area contributed by atoms with Gasteiger partial charge in [0.15, 0.2) is 0 Å². The predicted octanol–water partition coefficient (Wildman–Crippen LogP) is 5.11. The number of amides is 3. The highest BCUT2D eigenvalue weighted by atomic mass is 16.6. The average Bonchev–Trinajstić information content (AvgIpc) is 3.70. The summed E-state index contributed by atoms with van der Waals surface area (Å²) in [5, 5.41) is 3.97. The molecule has 5 heterocycles. The summed E-state index contributed by atoms with van der Waals surface area (Å²) in [7, 11) is 3.50. The monoisotopic (exact) mass is 604 g/mol. The zero-order chi connectivity index (χ0) is 31.2. The topological polar surface area (TPSA) is 135 Å². The Bertz CT molecular complexity index is 1570. The molecule has 6 rings (SSSR count). The first-order valence-electron chi connectivity index (χ1n) is 15.2. The van der Waals surface area contributed by atoms with E-state index in [0.29, 0.717) is 54.7 Å². The van der Waals surface area contributed by atoms with E-state index in [-0.39, 0.29) is 18.5 Å². The first-order chi connectivity index (χ1) is 20.9. The van der Waals surface area contributed by atoms with Crippen LogP contribution >= 0.6 is 0 Å². The van der Waals surface area contributed by atoms with Crippen LogP contribution in [0, 0.1) is 0 Å². The molecule has 3 aromatic rings. The zero-order valence-corrected chi connectivity index (χ0v) is 26.0. The summed E-state index contributed by atoms with van der Waals surface area (Å²) in [6, 6.07) is 5.63. The maximum absolute atomic E-state index is 13.0. The molecule has 13 heteroatoms. The van der Waals surface area contributed by atoms with Crippen LogP contribution in [0.4, 0.5) is 27.0 Å². The number of carbonyl (C=O) groups excluding carboxylic acids is 3. The minimum Gasteiger partial charge on any atom is -0.444 e. The molecule has 0 unspecified atom stereocenters. The molecule has 1 N–H and O–H groups in total. The van der Waals surface area contributed by atoms with Crippen molar-refractivity contribution in [3.8, 4) is 0 Å². The maximum Gasteiger partial charge on any atom is 0.415 e. The lowest BCUT2D eigenvalue weighted by atomic mass is 9.93. The van der Waals surface area contributed by atoms with E-state index in [2.05, 4.69) is 19.9 Å². The Balaban J connectivity index is 1.17. The fraction of sp³-hybridized carbons (Fsp3) is 0.548. The number of pyridine rings is 1. The Hall–Kier alpha value is -4.42. The zero-order valence-electron chi connectivity index (χ0n) is 26.0. The molecule has 3 amide bonds. The molecule has 234 valence electrons. The number of rotatable bonds is 5. The van der Waals surface area contributed by atoms with Crippen LogP contribution in [0.5, 0.6) is 0 Å². The first-order valence-corrected chi connectivity index (χ1v) is 15.2. The van der Waals surface area contributed by atoms with Crippen molar-refractivity contribution in [3.63, 3.8) is 0 Å². The SMILES string of the molecule is CN(C)C(=O)c1cc2cnc(Nc3ccc(N4C[C@@]5(CCCN(C(=O)OC(C)(C)C)C5)OC4=O)cn3)nc2n1C1CCCC1. The number of fused-ring (bicyclic) bond motifs is 1. The second-order valence-corrected chi connectivity index (χ2v) is 13.2. The molecule has 3 aromatic heterocycles. The number of nitrogens with one attached hydrogen (secondary N) is 1. The van der Waals surface area contributed by atoms with Gasteiger partial charge in [0, 0.05) is 38.3 Å². The van der Waals surface area contributed by atoms with Gasteiger partial charge in [0.25, 0.3) is 5.91 Å². The molecule has 0 aromatic carbocycles. The van der Waals surface area contributed by atoms with Gasteiger partial charge in [0.05, 0.1) is 25.0 Å². The molecular formula is C31H40N8O5. The highest BCUT2D eigenvalue weighted by Gasteiger charge is 2.49. The summed E-state index contributed by atoms with van der Waals surface area (Å²) in [4.78, 5) is 57.2.